The molecule has 1 saturated carbocycles. The number of benzene rings is 1. The lowest BCUT2D eigenvalue weighted by atomic mass is 10.2. The summed E-state index contributed by atoms with van der Waals surface area (Å²) < 4.78 is 13.0. The monoisotopic (exact) mass is 195 g/mol. The van der Waals surface area contributed by atoms with Gasteiger partial charge in [-0.25, -0.2) is 10.2 Å². The highest BCUT2D eigenvalue weighted by Crippen LogP contribution is 2.30. The largest absolute Gasteiger partial charge is 0.381 e. The molecule has 0 aromatic heterocycles. The smallest absolute Gasteiger partial charge is 0.125 e. The van der Waals surface area contributed by atoms with Gasteiger partial charge in [0.2, 0.25) is 0 Å². The van der Waals surface area contributed by atoms with E-state index in [0.717, 1.165) is 24.2 Å². The first-order valence-corrected chi connectivity index (χ1v) is 4.71. The van der Waals surface area contributed by atoms with E-state index >= 15 is 0 Å². The van der Waals surface area contributed by atoms with Gasteiger partial charge in [0.15, 0.2) is 0 Å². The Hall–Kier alpha value is -1.29. The van der Waals surface area contributed by atoms with E-state index in [1.165, 1.54) is 17.1 Å². The van der Waals surface area contributed by atoms with Crippen LogP contribution in [0.25, 0.3) is 0 Å². The molecule has 0 aliphatic heterocycles. The van der Waals surface area contributed by atoms with Crippen molar-refractivity contribution in [3.8, 4) is 0 Å². The fraction of sp³-hybridized carbons (Fsp3) is 0.400. The number of hydrogen-bond donors (Lipinski definition) is 2. The van der Waals surface area contributed by atoms with Gasteiger partial charge in [-0.3, -0.25) is 0 Å². The molecule has 1 aromatic rings. The minimum absolute atomic E-state index is 0.237. The molecule has 14 heavy (non-hydrogen) atoms. The second-order valence-electron chi connectivity index (χ2n) is 3.69. The van der Waals surface area contributed by atoms with Crippen LogP contribution in [-0.4, -0.2) is 13.1 Å². The molecule has 1 aromatic carbocycles. The molecule has 0 atom stereocenters. The molecule has 0 heterocycles. The van der Waals surface area contributed by atoms with Gasteiger partial charge in [-0.2, -0.15) is 0 Å². The maximum Gasteiger partial charge on any atom is 0.125 e. The lowest BCUT2D eigenvalue weighted by molar-refractivity contribution is 0.628. The lowest BCUT2D eigenvalue weighted by Crippen LogP contribution is -2.26. The van der Waals surface area contributed by atoms with Gasteiger partial charge in [-0.1, -0.05) is 0 Å². The van der Waals surface area contributed by atoms with Gasteiger partial charge in [0.05, 0.1) is 11.4 Å². The summed E-state index contributed by atoms with van der Waals surface area (Å²) in [5, 5.41) is 4.74. The molecule has 3 nitrogen and oxygen atoms in total. The number of nitrogens with zero attached hydrogens (tertiary/aromatic N) is 1. The Morgan fingerprint density at radius 2 is 2.21 bits per heavy atom. The first-order valence-electron chi connectivity index (χ1n) is 4.71. The average Bonchev–Trinajstić information content (AvgIpc) is 2.87. The zero-order valence-corrected chi connectivity index (χ0v) is 8.13. The molecule has 76 valence electrons. The van der Waals surface area contributed by atoms with Crippen molar-refractivity contribution < 1.29 is 4.39 Å². The van der Waals surface area contributed by atoms with Gasteiger partial charge in [-0.05, 0) is 31.0 Å². The van der Waals surface area contributed by atoms with Crippen LogP contribution in [-0.2, 0) is 0 Å². The van der Waals surface area contributed by atoms with Crippen LogP contribution in [0.3, 0.4) is 0 Å². The molecule has 2 rings (SSSR count). The van der Waals surface area contributed by atoms with Crippen LogP contribution in [0, 0.1) is 5.82 Å². The SMILES string of the molecule is CN(N)c1ccc(F)cc1NC1CC1. The van der Waals surface area contributed by atoms with E-state index in [2.05, 4.69) is 5.32 Å². The summed E-state index contributed by atoms with van der Waals surface area (Å²) in [6.45, 7) is 0. The van der Waals surface area contributed by atoms with E-state index in [-0.39, 0.29) is 5.82 Å². The normalized spacial score (nSPS) is 15.4. The maximum atomic E-state index is 13.0. The van der Waals surface area contributed by atoms with Crippen molar-refractivity contribution in [1.82, 2.24) is 0 Å². The molecule has 0 amide bonds. The molecule has 1 aliphatic rings. The zero-order valence-electron chi connectivity index (χ0n) is 8.13. The molecule has 0 saturated heterocycles. The molecule has 3 N–H and O–H groups in total. The van der Waals surface area contributed by atoms with Crippen LogP contribution in [0.1, 0.15) is 12.8 Å². The van der Waals surface area contributed by atoms with Crippen LogP contribution in [0.2, 0.25) is 0 Å². The molecule has 1 aliphatic carbocycles. The van der Waals surface area contributed by atoms with Crippen molar-refractivity contribution in [1.29, 1.82) is 0 Å². The number of rotatable bonds is 3. The van der Waals surface area contributed by atoms with Gasteiger partial charge >= 0.3 is 0 Å². The summed E-state index contributed by atoms with van der Waals surface area (Å²) in [6, 6.07) is 5.07. The van der Waals surface area contributed by atoms with E-state index in [4.69, 9.17) is 5.84 Å². The third-order valence-corrected chi connectivity index (χ3v) is 2.28. The van der Waals surface area contributed by atoms with Gasteiger partial charge in [0.1, 0.15) is 5.82 Å². The number of nitrogens with one attached hydrogen (secondary N) is 1. The predicted octanol–water partition coefficient (Wildman–Crippen LogP) is 1.71. The average molecular weight is 195 g/mol. The van der Waals surface area contributed by atoms with E-state index < -0.39 is 0 Å². The summed E-state index contributed by atoms with van der Waals surface area (Å²) in [4.78, 5) is 0. The molecular formula is C10H14FN3. The van der Waals surface area contributed by atoms with Crippen LogP contribution in [0.4, 0.5) is 15.8 Å². The van der Waals surface area contributed by atoms with Crippen molar-refractivity contribution in [2.75, 3.05) is 17.4 Å². The standard InChI is InChI=1S/C10H14FN3/c1-14(12)10-5-2-7(11)6-9(10)13-8-3-4-8/h2,5-6,8,13H,3-4,12H2,1H3. The number of hydrazine groups is 1. The Balaban J connectivity index is 2.27. The number of halogens is 1. The van der Waals surface area contributed by atoms with Gasteiger partial charge in [-0.15, -0.1) is 0 Å². The van der Waals surface area contributed by atoms with Crippen molar-refractivity contribution in [3.05, 3.63) is 24.0 Å². The lowest BCUT2D eigenvalue weighted by Gasteiger charge is -2.17. The maximum absolute atomic E-state index is 13.0. The highest BCUT2D eigenvalue weighted by molar-refractivity contribution is 5.69. The van der Waals surface area contributed by atoms with Crippen LogP contribution < -0.4 is 16.2 Å². The molecular weight excluding hydrogens is 181 g/mol. The third-order valence-electron chi connectivity index (χ3n) is 2.28. The Bertz CT molecular complexity index is 334. The fourth-order valence-electron chi connectivity index (χ4n) is 1.38. The Kier molecular flexibility index (Phi) is 2.29. The molecule has 0 radical (unpaired) electrons. The summed E-state index contributed by atoms with van der Waals surface area (Å²) in [7, 11) is 1.74. The number of hydrogen-bond acceptors (Lipinski definition) is 3. The molecule has 4 heteroatoms. The minimum atomic E-state index is -0.237. The predicted molar refractivity (Wildman–Crippen MR) is 55.6 cm³/mol. The molecule has 0 bridgehead atoms. The van der Waals surface area contributed by atoms with Crippen molar-refractivity contribution >= 4 is 11.4 Å². The summed E-state index contributed by atoms with van der Waals surface area (Å²) >= 11 is 0. The highest BCUT2D eigenvalue weighted by Gasteiger charge is 2.22. The van der Waals surface area contributed by atoms with Crippen molar-refractivity contribution in [3.63, 3.8) is 0 Å². The minimum Gasteiger partial charge on any atom is -0.381 e. The van der Waals surface area contributed by atoms with E-state index in [9.17, 15) is 4.39 Å². The Morgan fingerprint density at radius 3 is 2.79 bits per heavy atom. The van der Waals surface area contributed by atoms with Crippen LogP contribution in [0.15, 0.2) is 18.2 Å². The molecule has 1 fully saturated rings. The van der Waals surface area contributed by atoms with Crippen LogP contribution in [0.5, 0.6) is 0 Å². The van der Waals surface area contributed by atoms with Gasteiger partial charge in [0, 0.05) is 13.1 Å². The summed E-state index contributed by atoms with van der Waals surface area (Å²) in [6.07, 6.45) is 2.31. The fourth-order valence-corrected chi connectivity index (χ4v) is 1.38. The quantitative estimate of drug-likeness (QED) is 0.570. The number of nitrogens with two attached hydrogens (primary N) is 1. The van der Waals surface area contributed by atoms with E-state index in [1.54, 1.807) is 13.1 Å². The Labute approximate surface area is 82.7 Å². The van der Waals surface area contributed by atoms with E-state index in [0.29, 0.717) is 6.04 Å². The second kappa shape index (κ2) is 3.46. The Morgan fingerprint density at radius 1 is 1.50 bits per heavy atom. The van der Waals surface area contributed by atoms with E-state index in [1.807, 2.05) is 0 Å². The summed E-state index contributed by atoms with van der Waals surface area (Å²) in [5.74, 6) is 5.39. The number of anilines is 2. The van der Waals surface area contributed by atoms with Gasteiger partial charge < -0.3 is 10.3 Å². The first kappa shape index (κ1) is 9.27. The third kappa shape index (κ3) is 1.96. The zero-order chi connectivity index (χ0) is 10.1. The topological polar surface area (TPSA) is 41.3 Å². The summed E-state index contributed by atoms with van der Waals surface area (Å²) in [5.41, 5.74) is 1.59. The first-order chi connectivity index (χ1) is 6.66. The molecule has 0 unspecified atom stereocenters. The van der Waals surface area contributed by atoms with Crippen molar-refractivity contribution in [2.45, 2.75) is 18.9 Å². The highest BCUT2D eigenvalue weighted by atomic mass is 19.1. The van der Waals surface area contributed by atoms with Gasteiger partial charge in [0.25, 0.3) is 0 Å². The van der Waals surface area contributed by atoms with Crippen LogP contribution >= 0.6 is 0 Å². The molecule has 0 spiro atoms. The van der Waals surface area contributed by atoms with Crippen molar-refractivity contribution in [2.24, 2.45) is 5.84 Å². The second-order valence-corrected chi connectivity index (χ2v) is 3.69.